The molecule has 0 fully saturated rings. The highest BCUT2D eigenvalue weighted by Crippen LogP contribution is 2.30. The first kappa shape index (κ1) is 13.7. The molecular weight excluding hydrogens is 277 g/mol. The van der Waals surface area contributed by atoms with E-state index in [0.29, 0.717) is 16.7 Å². The molecule has 0 amide bonds. The van der Waals surface area contributed by atoms with E-state index in [1.165, 1.54) is 18.4 Å². The van der Waals surface area contributed by atoms with Gasteiger partial charge < -0.3 is 4.42 Å². The average Bonchev–Trinajstić information content (AvgIpc) is 2.93. The molecule has 0 N–H and O–H groups in total. The Hall–Kier alpha value is -2.23. The van der Waals surface area contributed by atoms with Crippen molar-refractivity contribution < 1.29 is 17.6 Å². The number of hydrogen-bond donors (Lipinski definition) is 0. The van der Waals surface area contributed by atoms with Gasteiger partial charge in [0.25, 0.3) is 0 Å². The smallest absolute Gasteiger partial charge is 0.245 e. The molecule has 108 valence electrons. The molecule has 21 heavy (non-hydrogen) atoms. The minimum Gasteiger partial charge on any atom is -0.464 e. The Labute approximate surface area is 120 Å². The fourth-order valence-electron chi connectivity index (χ4n) is 2.44. The largest absolute Gasteiger partial charge is 0.464 e. The summed E-state index contributed by atoms with van der Waals surface area (Å²) in [5, 5.41) is 0.803. The van der Waals surface area contributed by atoms with E-state index in [0.717, 1.165) is 5.39 Å². The molecule has 1 heterocycles. The first-order chi connectivity index (χ1) is 10.1. The molecule has 0 radical (unpaired) electrons. The fourth-order valence-corrected chi connectivity index (χ4v) is 2.44. The van der Waals surface area contributed by atoms with Gasteiger partial charge in [0.1, 0.15) is 11.4 Å². The number of hydrogen-bond acceptors (Lipinski definition) is 1. The summed E-state index contributed by atoms with van der Waals surface area (Å²) >= 11 is 0. The van der Waals surface area contributed by atoms with Gasteiger partial charge in [-0.05, 0) is 47.9 Å². The highest BCUT2D eigenvalue weighted by atomic mass is 19.3. The molecule has 0 saturated carbocycles. The predicted molar refractivity (Wildman–Crippen MR) is 75.1 cm³/mol. The number of furan rings is 1. The topological polar surface area (TPSA) is 13.1 Å². The van der Waals surface area contributed by atoms with Gasteiger partial charge in [-0.15, -0.1) is 0 Å². The van der Waals surface area contributed by atoms with Crippen LogP contribution in [0.15, 0.2) is 59.2 Å². The van der Waals surface area contributed by atoms with Crippen LogP contribution < -0.4 is 0 Å². The summed E-state index contributed by atoms with van der Waals surface area (Å²) in [6.07, 6.45) is -0.785. The van der Waals surface area contributed by atoms with E-state index < -0.39 is 12.3 Å². The van der Waals surface area contributed by atoms with E-state index in [4.69, 9.17) is 4.42 Å². The zero-order chi connectivity index (χ0) is 14.8. The minimum absolute atomic E-state index is 0.168. The summed E-state index contributed by atoms with van der Waals surface area (Å²) in [6.45, 7) is 0. The van der Waals surface area contributed by atoms with Crippen LogP contribution in [0, 0.1) is 5.82 Å². The van der Waals surface area contributed by atoms with Gasteiger partial charge in [0, 0.05) is 11.3 Å². The molecule has 3 aromatic rings. The zero-order valence-electron chi connectivity index (χ0n) is 11.1. The number of halogens is 3. The first-order valence-electron chi connectivity index (χ1n) is 6.63. The summed E-state index contributed by atoms with van der Waals surface area (Å²) in [6, 6.07) is 12.5. The van der Waals surface area contributed by atoms with Crippen LogP contribution in [0.1, 0.15) is 17.0 Å². The first-order valence-corrected chi connectivity index (χ1v) is 6.63. The van der Waals surface area contributed by atoms with Crippen molar-refractivity contribution in [2.45, 2.75) is 18.8 Å². The monoisotopic (exact) mass is 290 g/mol. The molecule has 3 rings (SSSR count). The molecule has 1 unspecified atom stereocenters. The molecule has 0 bridgehead atoms. The predicted octanol–water partition coefficient (Wildman–Crippen LogP) is 5.16. The number of rotatable bonds is 4. The third-order valence-corrected chi connectivity index (χ3v) is 3.58. The van der Waals surface area contributed by atoms with E-state index in [-0.39, 0.29) is 12.2 Å². The third-order valence-electron chi connectivity index (χ3n) is 3.58. The lowest BCUT2D eigenvalue weighted by atomic mass is 9.91. The van der Waals surface area contributed by atoms with Gasteiger partial charge in [-0.2, -0.15) is 0 Å². The molecule has 0 aliphatic rings. The molecule has 0 aliphatic heterocycles. The second-order valence-corrected chi connectivity index (χ2v) is 4.99. The quantitative estimate of drug-likeness (QED) is 0.646. The van der Waals surface area contributed by atoms with Crippen LogP contribution in [0.25, 0.3) is 11.0 Å². The van der Waals surface area contributed by atoms with Crippen molar-refractivity contribution >= 4 is 11.0 Å². The van der Waals surface area contributed by atoms with E-state index in [1.807, 2.05) is 0 Å². The van der Waals surface area contributed by atoms with Crippen molar-refractivity contribution in [3.63, 3.8) is 0 Å². The molecule has 2 aromatic carbocycles. The van der Waals surface area contributed by atoms with E-state index >= 15 is 0 Å². The van der Waals surface area contributed by atoms with Crippen molar-refractivity contribution in [2.75, 3.05) is 0 Å². The summed E-state index contributed by atoms with van der Waals surface area (Å²) < 4.78 is 44.9. The van der Waals surface area contributed by atoms with E-state index in [1.54, 1.807) is 36.4 Å². The van der Waals surface area contributed by atoms with Crippen molar-refractivity contribution in [1.82, 2.24) is 0 Å². The molecule has 0 aliphatic carbocycles. The van der Waals surface area contributed by atoms with Gasteiger partial charge in [-0.3, -0.25) is 0 Å². The van der Waals surface area contributed by atoms with Gasteiger partial charge in [0.2, 0.25) is 6.43 Å². The fraction of sp³-hybridized carbons (Fsp3) is 0.176. The van der Waals surface area contributed by atoms with Gasteiger partial charge in [0.05, 0.1) is 6.26 Å². The molecular formula is C17H13F3O. The van der Waals surface area contributed by atoms with E-state index in [2.05, 4.69) is 0 Å². The third kappa shape index (κ3) is 2.94. The maximum atomic E-state index is 13.4. The Morgan fingerprint density at radius 1 is 0.952 bits per heavy atom. The van der Waals surface area contributed by atoms with Gasteiger partial charge in [-0.1, -0.05) is 18.2 Å². The lowest BCUT2D eigenvalue weighted by Gasteiger charge is -2.16. The Bertz CT molecular complexity index is 731. The molecule has 1 atom stereocenters. The van der Waals surface area contributed by atoms with Crippen molar-refractivity contribution in [1.29, 1.82) is 0 Å². The van der Waals surface area contributed by atoms with Crippen molar-refractivity contribution in [3.8, 4) is 0 Å². The summed E-state index contributed by atoms with van der Waals surface area (Å²) in [5.41, 5.74) is 1.92. The SMILES string of the molecule is Fc1ccc(CC(c2ccc3occc3c2)C(F)F)cc1. The van der Waals surface area contributed by atoms with Crippen LogP contribution in [0.4, 0.5) is 13.2 Å². The van der Waals surface area contributed by atoms with Gasteiger partial charge >= 0.3 is 0 Å². The van der Waals surface area contributed by atoms with Crippen LogP contribution in [0.2, 0.25) is 0 Å². The van der Waals surface area contributed by atoms with Gasteiger partial charge in [-0.25, -0.2) is 13.2 Å². The maximum Gasteiger partial charge on any atom is 0.245 e. The standard InChI is InChI=1S/C17H13F3O/c18-14-4-1-11(2-5-14)9-15(17(19)20)12-3-6-16-13(10-12)7-8-21-16/h1-8,10,15,17H,9H2. The minimum atomic E-state index is -2.49. The Morgan fingerprint density at radius 2 is 1.71 bits per heavy atom. The lowest BCUT2D eigenvalue weighted by Crippen LogP contribution is -2.12. The second kappa shape index (κ2) is 5.64. The molecule has 0 saturated heterocycles. The van der Waals surface area contributed by atoms with Crippen LogP contribution in [-0.4, -0.2) is 6.43 Å². The van der Waals surface area contributed by atoms with Crippen LogP contribution >= 0.6 is 0 Å². The van der Waals surface area contributed by atoms with Crippen LogP contribution in [0.5, 0.6) is 0 Å². The molecule has 0 spiro atoms. The van der Waals surface area contributed by atoms with Crippen molar-refractivity contribution in [2.24, 2.45) is 0 Å². The Kier molecular flexibility index (Phi) is 3.69. The average molecular weight is 290 g/mol. The van der Waals surface area contributed by atoms with Crippen LogP contribution in [0.3, 0.4) is 0 Å². The summed E-state index contributed by atoms with van der Waals surface area (Å²) in [5.74, 6) is -1.29. The Balaban J connectivity index is 1.91. The molecule has 1 aromatic heterocycles. The summed E-state index contributed by atoms with van der Waals surface area (Å²) in [7, 11) is 0. The zero-order valence-corrected chi connectivity index (χ0v) is 11.1. The lowest BCUT2D eigenvalue weighted by molar-refractivity contribution is 0.114. The van der Waals surface area contributed by atoms with Crippen LogP contribution in [-0.2, 0) is 6.42 Å². The normalized spacial score (nSPS) is 13.0. The number of benzene rings is 2. The summed E-state index contributed by atoms with van der Waals surface area (Å²) in [4.78, 5) is 0. The Morgan fingerprint density at radius 3 is 2.43 bits per heavy atom. The number of alkyl halides is 2. The molecule has 4 heteroatoms. The second-order valence-electron chi connectivity index (χ2n) is 4.99. The highest BCUT2D eigenvalue weighted by molar-refractivity contribution is 5.77. The molecule has 1 nitrogen and oxygen atoms in total. The highest BCUT2D eigenvalue weighted by Gasteiger charge is 2.23. The van der Waals surface area contributed by atoms with Gasteiger partial charge in [0.15, 0.2) is 0 Å². The van der Waals surface area contributed by atoms with Crippen molar-refractivity contribution in [3.05, 3.63) is 71.7 Å². The number of fused-ring (bicyclic) bond motifs is 1. The van der Waals surface area contributed by atoms with E-state index in [9.17, 15) is 13.2 Å². The maximum absolute atomic E-state index is 13.4.